The molecule has 2 nitrogen and oxygen atoms in total. The molecule has 0 bridgehead atoms. The second-order valence-electron chi connectivity index (χ2n) is 3.08. The summed E-state index contributed by atoms with van der Waals surface area (Å²) >= 11 is 0. The van der Waals surface area contributed by atoms with Crippen molar-refractivity contribution in [2.24, 2.45) is 5.92 Å². The fraction of sp³-hybridized carbons (Fsp3) is 1.00. The first kappa shape index (κ1) is 11.9. The summed E-state index contributed by atoms with van der Waals surface area (Å²) in [5.74, 6) is 0.796. The molecule has 1 unspecified atom stereocenters. The van der Waals surface area contributed by atoms with Crippen LogP contribution in [0.4, 0.5) is 0 Å². The van der Waals surface area contributed by atoms with Gasteiger partial charge in [-0.1, -0.05) is 20.8 Å². The molecular weight excluding hydrogens is 150 g/mol. The minimum absolute atomic E-state index is 0.796. The zero-order chi connectivity index (χ0) is 9.40. The topological polar surface area (TPSA) is 12.5 Å². The van der Waals surface area contributed by atoms with E-state index in [1.165, 1.54) is 13.0 Å². The van der Waals surface area contributed by atoms with Crippen molar-refractivity contribution in [1.82, 2.24) is 4.90 Å². The molecule has 0 saturated carbocycles. The Kier molecular flexibility index (Phi) is 7.51. The molecule has 1 saturated heterocycles. The summed E-state index contributed by atoms with van der Waals surface area (Å²) in [7, 11) is 2.16. The maximum Gasteiger partial charge on any atom is 0.0507 e. The van der Waals surface area contributed by atoms with E-state index >= 15 is 0 Å². The van der Waals surface area contributed by atoms with E-state index in [4.69, 9.17) is 4.74 Å². The highest BCUT2D eigenvalue weighted by molar-refractivity contribution is 4.66. The molecule has 1 fully saturated rings. The maximum absolute atomic E-state index is 5.28. The van der Waals surface area contributed by atoms with Crippen molar-refractivity contribution in [3.05, 3.63) is 0 Å². The van der Waals surface area contributed by atoms with Crippen LogP contribution in [0.1, 0.15) is 27.2 Å². The van der Waals surface area contributed by atoms with Gasteiger partial charge in [-0.3, -0.25) is 0 Å². The molecule has 0 radical (unpaired) electrons. The lowest BCUT2D eigenvalue weighted by Gasteiger charge is -2.17. The summed E-state index contributed by atoms with van der Waals surface area (Å²) in [6.45, 7) is 10.5. The van der Waals surface area contributed by atoms with Crippen LogP contribution in [0.15, 0.2) is 0 Å². The average Bonchev–Trinajstić information content (AvgIpc) is 2.60. The zero-order valence-electron chi connectivity index (χ0n) is 8.97. The Balaban J connectivity index is 0.000000561. The predicted octanol–water partition coefficient (Wildman–Crippen LogP) is 2.00. The average molecular weight is 173 g/mol. The van der Waals surface area contributed by atoms with Crippen LogP contribution in [0, 0.1) is 5.92 Å². The van der Waals surface area contributed by atoms with Gasteiger partial charge in [-0.05, 0) is 25.9 Å². The Morgan fingerprint density at radius 2 is 2.08 bits per heavy atom. The molecule has 0 aromatic carbocycles. The zero-order valence-corrected chi connectivity index (χ0v) is 8.97. The third-order valence-electron chi connectivity index (χ3n) is 2.13. The molecular formula is C10H23NO. The van der Waals surface area contributed by atoms with E-state index in [9.17, 15) is 0 Å². The van der Waals surface area contributed by atoms with Crippen molar-refractivity contribution in [3.63, 3.8) is 0 Å². The number of ether oxygens (including phenoxy) is 1. The summed E-state index contributed by atoms with van der Waals surface area (Å²) in [5, 5.41) is 0. The van der Waals surface area contributed by atoms with Gasteiger partial charge >= 0.3 is 0 Å². The van der Waals surface area contributed by atoms with Crippen LogP contribution < -0.4 is 0 Å². The van der Waals surface area contributed by atoms with Crippen molar-refractivity contribution < 1.29 is 4.74 Å². The molecule has 1 aliphatic heterocycles. The van der Waals surface area contributed by atoms with Gasteiger partial charge in [0, 0.05) is 13.2 Å². The molecule has 1 rings (SSSR count). The van der Waals surface area contributed by atoms with Crippen molar-refractivity contribution in [3.8, 4) is 0 Å². The van der Waals surface area contributed by atoms with Gasteiger partial charge < -0.3 is 9.64 Å². The summed E-state index contributed by atoms with van der Waals surface area (Å²) in [5.41, 5.74) is 0. The van der Waals surface area contributed by atoms with Gasteiger partial charge in [0.25, 0.3) is 0 Å². The van der Waals surface area contributed by atoms with Crippen LogP contribution in [0.5, 0.6) is 0 Å². The minimum atomic E-state index is 0.796. The molecule has 0 N–H and O–H groups in total. The van der Waals surface area contributed by atoms with Gasteiger partial charge in [-0.2, -0.15) is 0 Å². The molecule has 0 aliphatic carbocycles. The number of hydrogen-bond donors (Lipinski definition) is 0. The van der Waals surface area contributed by atoms with Crippen LogP contribution in [0.3, 0.4) is 0 Å². The van der Waals surface area contributed by atoms with Crippen molar-refractivity contribution in [1.29, 1.82) is 0 Å². The molecule has 2 heteroatoms. The first-order chi connectivity index (χ1) is 5.83. The van der Waals surface area contributed by atoms with Crippen LogP contribution in [0.2, 0.25) is 0 Å². The van der Waals surface area contributed by atoms with Crippen molar-refractivity contribution in [2.75, 3.05) is 33.4 Å². The Morgan fingerprint density at radius 3 is 2.50 bits per heavy atom. The highest BCUT2D eigenvalue weighted by Crippen LogP contribution is 2.12. The second kappa shape index (κ2) is 7.56. The predicted molar refractivity (Wildman–Crippen MR) is 53.4 cm³/mol. The third-order valence-corrected chi connectivity index (χ3v) is 2.13. The minimum Gasteiger partial charge on any atom is -0.381 e. The monoisotopic (exact) mass is 173 g/mol. The van der Waals surface area contributed by atoms with Crippen molar-refractivity contribution >= 4 is 0 Å². The smallest absolute Gasteiger partial charge is 0.0507 e. The highest BCUT2D eigenvalue weighted by atomic mass is 16.5. The molecule has 12 heavy (non-hydrogen) atoms. The van der Waals surface area contributed by atoms with Gasteiger partial charge in [0.2, 0.25) is 0 Å². The van der Waals surface area contributed by atoms with Gasteiger partial charge in [0.05, 0.1) is 6.61 Å². The van der Waals surface area contributed by atoms with E-state index in [1.54, 1.807) is 0 Å². The largest absolute Gasteiger partial charge is 0.381 e. The number of nitrogens with zero attached hydrogens (tertiary/aromatic N) is 1. The third kappa shape index (κ3) is 4.73. The maximum atomic E-state index is 5.28. The first-order valence-electron chi connectivity index (χ1n) is 5.09. The van der Waals surface area contributed by atoms with E-state index in [2.05, 4.69) is 18.9 Å². The van der Waals surface area contributed by atoms with E-state index < -0.39 is 0 Å². The normalized spacial score (nSPS) is 22.2. The Bertz CT molecular complexity index is 89.8. The van der Waals surface area contributed by atoms with Crippen LogP contribution in [-0.2, 0) is 4.74 Å². The molecule has 74 valence electrons. The van der Waals surface area contributed by atoms with E-state index in [0.29, 0.717) is 0 Å². The molecule has 0 aromatic rings. The lowest BCUT2D eigenvalue weighted by atomic mass is 10.1. The summed E-state index contributed by atoms with van der Waals surface area (Å²) in [6, 6.07) is 0. The lowest BCUT2D eigenvalue weighted by molar-refractivity contribution is 0.175. The van der Waals surface area contributed by atoms with Crippen molar-refractivity contribution in [2.45, 2.75) is 27.2 Å². The molecule has 1 atom stereocenters. The van der Waals surface area contributed by atoms with E-state index in [-0.39, 0.29) is 0 Å². The molecule has 0 aromatic heterocycles. The van der Waals surface area contributed by atoms with Gasteiger partial charge in [-0.25, -0.2) is 0 Å². The first-order valence-corrected chi connectivity index (χ1v) is 5.09. The van der Waals surface area contributed by atoms with Gasteiger partial charge in [0.1, 0.15) is 0 Å². The number of rotatable bonds is 3. The van der Waals surface area contributed by atoms with E-state index in [1.807, 2.05) is 13.8 Å². The van der Waals surface area contributed by atoms with Crippen LogP contribution in [0.25, 0.3) is 0 Å². The molecule has 0 amide bonds. The number of hydrogen-bond acceptors (Lipinski definition) is 2. The van der Waals surface area contributed by atoms with Crippen LogP contribution in [-0.4, -0.2) is 38.3 Å². The summed E-state index contributed by atoms with van der Waals surface area (Å²) in [6.07, 6.45) is 1.25. The highest BCUT2D eigenvalue weighted by Gasteiger charge is 2.16. The standard InChI is InChI=1S/C8H17NO.C2H6/c1-3-9(2)6-8-4-5-10-7-8;1-2/h8H,3-7H2,1-2H3;1-2H3. The second-order valence-corrected chi connectivity index (χ2v) is 3.08. The fourth-order valence-corrected chi connectivity index (χ4v) is 1.30. The summed E-state index contributed by atoms with van der Waals surface area (Å²) in [4.78, 5) is 2.35. The summed E-state index contributed by atoms with van der Waals surface area (Å²) < 4.78 is 5.28. The molecule has 1 heterocycles. The van der Waals surface area contributed by atoms with E-state index in [0.717, 1.165) is 25.7 Å². The quantitative estimate of drug-likeness (QED) is 0.647. The Labute approximate surface area is 76.9 Å². The molecule has 1 aliphatic rings. The van der Waals surface area contributed by atoms with Crippen LogP contribution >= 0.6 is 0 Å². The fourth-order valence-electron chi connectivity index (χ4n) is 1.30. The molecule has 0 spiro atoms. The van der Waals surface area contributed by atoms with Gasteiger partial charge in [0.15, 0.2) is 0 Å². The SMILES string of the molecule is CC.CCN(C)CC1CCOC1. The Hall–Kier alpha value is -0.0800. The van der Waals surface area contributed by atoms with Gasteiger partial charge in [-0.15, -0.1) is 0 Å². The lowest BCUT2D eigenvalue weighted by Crippen LogP contribution is -2.25. The Morgan fingerprint density at radius 1 is 1.42 bits per heavy atom.